The number of nitrogens with zero attached hydrogens (tertiary/aromatic N) is 1. The van der Waals surface area contributed by atoms with Crippen molar-refractivity contribution in [3.8, 4) is 0 Å². The smallest absolute Gasteiger partial charge is 0.287 e. The average molecular weight is 582 g/mol. The number of benzene rings is 2. The number of hydrogen-bond donors (Lipinski definition) is 2. The van der Waals surface area contributed by atoms with Gasteiger partial charge in [0.2, 0.25) is 15.8 Å². The molecule has 0 saturated carbocycles. The molecule has 8 nitrogen and oxygen atoms in total. The summed E-state index contributed by atoms with van der Waals surface area (Å²) in [5.74, 6) is -0.800. The van der Waals surface area contributed by atoms with Gasteiger partial charge in [-0.15, -0.1) is 0 Å². The van der Waals surface area contributed by atoms with Crippen molar-refractivity contribution in [3.05, 3.63) is 81.1 Å². The van der Waals surface area contributed by atoms with Crippen LogP contribution < -0.4 is 9.44 Å². The van der Waals surface area contributed by atoms with Gasteiger partial charge in [0.05, 0.1) is 32.4 Å². The highest BCUT2D eigenvalue weighted by atomic mass is 35.5. The van der Waals surface area contributed by atoms with Gasteiger partial charge in [-0.2, -0.15) is 13.2 Å². The fraction of sp³-hybridized carbons (Fsp3) is 0.143. The fourth-order valence-electron chi connectivity index (χ4n) is 3.06. The number of pyridine rings is 1. The first-order chi connectivity index (χ1) is 16.5. The number of anilines is 2. The second-order valence-corrected chi connectivity index (χ2v) is 11.8. The molecule has 0 fully saturated rings. The van der Waals surface area contributed by atoms with Gasteiger partial charge in [0.25, 0.3) is 10.0 Å². The van der Waals surface area contributed by atoms with Crippen LogP contribution in [0.3, 0.4) is 0 Å². The van der Waals surface area contributed by atoms with E-state index < -0.39 is 58.9 Å². The third-order valence-corrected chi connectivity index (χ3v) is 7.16. The lowest BCUT2D eigenvalue weighted by Crippen LogP contribution is -2.18. The van der Waals surface area contributed by atoms with Crippen molar-refractivity contribution in [1.82, 2.24) is 4.98 Å². The van der Waals surface area contributed by atoms with Crippen LogP contribution in [0.15, 0.2) is 53.6 Å². The predicted molar refractivity (Wildman–Crippen MR) is 130 cm³/mol. The van der Waals surface area contributed by atoms with Crippen LogP contribution in [0.5, 0.6) is 0 Å². The van der Waals surface area contributed by atoms with Crippen molar-refractivity contribution in [2.45, 2.75) is 18.0 Å². The molecule has 0 amide bonds. The molecule has 3 aromatic rings. The number of nitrogens with one attached hydrogen (secondary N) is 2. The Morgan fingerprint density at radius 3 is 2.25 bits per heavy atom. The van der Waals surface area contributed by atoms with Gasteiger partial charge in [0.15, 0.2) is 0 Å². The summed E-state index contributed by atoms with van der Waals surface area (Å²) >= 11 is 11.5. The minimum Gasteiger partial charge on any atom is -0.287 e. The van der Waals surface area contributed by atoms with E-state index >= 15 is 0 Å². The number of aromatic nitrogens is 1. The van der Waals surface area contributed by atoms with Crippen molar-refractivity contribution in [2.75, 3.05) is 15.7 Å². The van der Waals surface area contributed by atoms with Gasteiger partial charge < -0.3 is 0 Å². The van der Waals surface area contributed by atoms with Crippen LogP contribution in [-0.2, 0) is 26.2 Å². The standard InChI is InChI=1S/C21H16Cl2F3N3O5S2/c1-11-3-4-13(28-35(2,31)32)8-15(11)20(30)19-18(7-12(22)10-27-19)29-36(33,34)14-5-6-17(23)16(9-14)21(24,25)26/h3-10,28-29H,1-2H3. The molecule has 192 valence electrons. The molecule has 0 aliphatic carbocycles. The van der Waals surface area contributed by atoms with E-state index in [2.05, 4.69) is 9.71 Å². The number of carbonyl (C=O) groups is 1. The molecule has 0 bridgehead atoms. The van der Waals surface area contributed by atoms with Crippen LogP contribution in [0.4, 0.5) is 24.5 Å². The Morgan fingerprint density at radius 2 is 1.64 bits per heavy atom. The largest absolute Gasteiger partial charge is 0.417 e. The van der Waals surface area contributed by atoms with Crippen molar-refractivity contribution in [1.29, 1.82) is 0 Å². The second kappa shape index (κ2) is 9.88. The first kappa shape index (κ1) is 27.7. The number of rotatable bonds is 7. The van der Waals surface area contributed by atoms with Crippen molar-refractivity contribution >= 4 is 60.4 Å². The summed E-state index contributed by atoms with van der Waals surface area (Å²) in [6.45, 7) is 1.56. The highest BCUT2D eigenvalue weighted by Gasteiger charge is 2.35. The molecule has 0 radical (unpaired) electrons. The van der Waals surface area contributed by atoms with E-state index in [4.69, 9.17) is 23.2 Å². The van der Waals surface area contributed by atoms with Gasteiger partial charge in [0.1, 0.15) is 5.69 Å². The molecule has 36 heavy (non-hydrogen) atoms. The van der Waals surface area contributed by atoms with Gasteiger partial charge in [-0.1, -0.05) is 29.3 Å². The second-order valence-electron chi connectivity index (χ2n) is 7.53. The maximum Gasteiger partial charge on any atom is 0.417 e. The number of carbonyl (C=O) groups excluding carboxylic acids is 1. The van der Waals surface area contributed by atoms with E-state index in [0.29, 0.717) is 11.6 Å². The average Bonchev–Trinajstić information content (AvgIpc) is 2.73. The Labute approximate surface area is 214 Å². The molecule has 0 unspecified atom stereocenters. The molecule has 1 aromatic heterocycles. The minimum absolute atomic E-state index is 0.00947. The number of sulfonamides is 2. The number of alkyl halides is 3. The normalized spacial score (nSPS) is 12.3. The van der Waals surface area contributed by atoms with Crippen LogP contribution in [0.1, 0.15) is 27.2 Å². The monoisotopic (exact) mass is 581 g/mol. The third kappa shape index (κ3) is 6.46. The Balaban J connectivity index is 2.07. The SMILES string of the molecule is Cc1ccc(NS(C)(=O)=O)cc1C(=O)c1ncc(Cl)cc1NS(=O)(=O)c1ccc(Cl)c(C(F)(F)F)c1. The Morgan fingerprint density at radius 1 is 0.972 bits per heavy atom. The number of hydrogen-bond acceptors (Lipinski definition) is 6. The zero-order valence-corrected chi connectivity index (χ0v) is 21.5. The Bertz CT molecular complexity index is 1580. The molecular formula is C21H16Cl2F3N3O5S2. The summed E-state index contributed by atoms with van der Waals surface area (Å²) in [6, 6.07) is 7.19. The third-order valence-electron chi connectivity index (χ3n) is 4.65. The van der Waals surface area contributed by atoms with Crippen LogP contribution in [0, 0.1) is 6.92 Å². The van der Waals surface area contributed by atoms with Gasteiger partial charge in [0, 0.05) is 17.4 Å². The van der Waals surface area contributed by atoms with E-state index in [0.717, 1.165) is 30.7 Å². The molecule has 0 aliphatic rings. The maximum atomic E-state index is 13.3. The molecular weight excluding hydrogens is 566 g/mol. The Hall–Kier alpha value is -2.87. The summed E-state index contributed by atoms with van der Waals surface area (Å²) in [7, 11) is -8.32. The number of aryl methyl sites for hydroxylation is 1. The van der Waals surface area contributed by atoms with Crippen molar-refractivity contribution in [2.24, 2.45) is 0 Å². The van der Waals surface area contributed by atoms with E-state index in [1.54, 1.807) is 6.92 Å². The summed E-state index contributed by atoms with van der Waals surface area (Å²) in [4.78, 5) is 16.4. The molecule has 0 saturated heterocycles. The molecule has 2 N–H and O–H groups in total. The van der Waals surface area contributed by atoms with Gasteiger partial charge in [-0.05, 0) is 48.9 Å². The topological polar surface area (TPSA) is 122 Å². The molecule has 1 heterocycles. The maximum absolute atomic E-state index is 13.3. The van der Waals surface area contributed by atoms with Crippen LogP contribution in [0.2, 0.25) is 10.0 Å². The highest BCUT2D eigenvalue weighted by molar-refractivity contribution is 7.92. The lowest BCUT2D eigenvalue weighted by Gasteiger charge is -2.15. The zero-order chi connectivity index (χ0) is 27.1. The van der Waals surface area contributed by atoms with E-state index in [9.17, 15) is 34.8 Å². The first-order valence-corrected chi connectivity index (χ1v) is 13.8. The van der Waals surface area contributed by atoms with Gasteiger partial charge >= 0.3 is 6.18 Å². The molecule has 2 aromatic carbocycles. The van der Waals surface area contributed by atoms with Crippen molar-refractivity contribution < 1.29 is 34.8 Å². The molecule has 0 atom stereocenters. The lowest BCUT2D eigenvalue weighted by molar-refractivity contribution is -0.137. The molecule has 0 aliphatic heterocycles. The first-order valence-electron chi connectivity index (χ1n) is 9.66. The summed E-state index contributed by atoms with van der Waals surface area (Å²) in [5.41, 5.74) is -1.71. The summed E-state index contributed by atoms with van der Waals surface area (Å²) < 4.78 is 92.8. The molecule has 15 heteroatoms. The Kier molecular flexibility index (Phi) is 7.61. The van der Waals surface area contributed by atoms with Crippen molar-refractivity contribution in [3.63, 3.8) is 0 Å². The zero-order valence-electron chi connectivity index (χ0n) is 18.3. The quantitative estimate of drug-likeness (QED) is 0.373. The van der Waals surface area contributed by atoms with Crippen LogP contribution >= 0.6 is 23.2 Å². The minimum atomic E-state index is -4.91. The van der Waals surface area contributed by atoms with Crippen LogP contribution in [-0.4, -0.2) is 33.9 Å². The number of ketones is 1. The fourth-order valence-corrected chi connectivity index (χ4v) is 5.08. The van der Waals surface area contributed by atoms with Gasteiger partial charge in [-0.3, -0.25) is 14.2 Å². The van der Waals surface area contributed by atoms with Gasteiger partial charge in [-0.25, -0.2) is 21.8 Å². The summed E-state index contributed by atoms with van der Waals surface area (Å²) in [5, 5.41) is -0.764. The lowest BCUT2D eigenvalue weighted by atomic mass is 10.0. The van der Waals surface area contributed by atoms with E-state index in [1.807, 2.05) is 4.72 Å². The predicted octanol–water partition coefficient (Wildman–Crippen LogP) is 5.12. The van der Waals surface area contributed by atoms with Crippen LogP contribution in [0.25, 0.3) is 0 Å². The summed E-state index contributed by atoms with van der Waals surface area (Å²) in [6.07, 6.45) is -2.92. The van der Waals surface area contributed by atoms with E-state index in [-0.39, 0.29) is 16.3 Å². The molecule has 0 spiro atoms. The number of halogens is 5. The van der Waals surface area contributed by atoms with E-state index in [1.165, 1.54) is 18.2 Å². The highest BCUT2D eigenvalue weighted by Crippen LogP contribution is 2.36. The molecule has 3 rings (SSSR count).